The predicted molar refractivity (Wildman–Crippen MR) is 136 cm³/mol. The van der Waals surface area contributed by atoms with Crippen LogP contribution in [0.15, 0.2) is 60.1 Å². The van der Waals surface area contributed by atoms with Crippen LogP contribution in [-0.2, 0) is 14.3 Å². The lowest BCUT2D eigenvalue weighted by molar-refractivity contribution is -0.145. The molecule has 6 nitrogen and oxygen atoms in total. The molecular weight excluding hydrogens is 458 g/mol. The highest BCUT2D eigenvalue weighted by atomic mass is 32.1. The van der Waals surface area contributed by atoms with Gasteiger partial charge in [0.2, 0.25) is 0 Å². The van der Waals surface area contributed by atoms with Gasteiger partial charge in [-0.25, -0.2) is 9.48 Å². The van der Waals surface area contributed by atoms with Gasteiger partial charge in [0.25, 0.3) is 5.91 Å². The smallest absolute Gasteiger partial charge is 0.331 e. The van der Waals surface area contributed by atoms with Crippen molar-refractivity contribution in [2.75, 3.05) is 6.61 Å². The summed E-state index contributed by atoms with van der Waals surface area (Å²) >= 11 is 1.59. The zero-order valence-corrected chi connectivity index (χ0v) is 20.4. The molecule has 0 spiro atoms. The fraction of sp³-hybridized carbons (Fsp3) is 0.393. The van der Waals surface area contributed by atoms with Crippen LogP contribution in [0.5, 0.6) is 0 Å². The maximum Gasteiger partial charge on any atom is 0.331 e. The van der Waals surface area contributed by atoms with Crippen LogP contribution in [0, 0.1) is 17.8 Å². The summed E-state index contributed by atoms with van der Waals surface area (Å²) < 4.78 is 7.10. The number of amides is 1. The number of aromatic nitrogens is 2. The van der Waals surface area contributed by atoms with Crippen LogP contribution in [0.3, 0.4) is 0 Å². The van der Waals surface area contributed by atoms with E-state index in [2.05, 4.69) is 5.32 Å². The summed E-state index contributed by atoms with van der Waals surface area (Å²) in [6, 6.07) is 13.8. The summed E-state index contributed by atoms with van der Waals surface area (Å²) in [7, 11) is 0. The van der Waals surface area contributed by atoms with Crippen molar-refractivity contribution in [1.82, 2.24) is 15.1 Å². The van der Waals surface area contributed by atoms with E-state index in [4.69, 9.17) is 9.84 Å². The quantitative estimate of drug-likeness (QED) is 0.365. The third kappa shape index (κ3) is 4.69. The van der Waals surface area contributed by atoms with E-state index in [0.29, 0.717) is 0 Å². The molecule has 1 N–H and O–H groups in total. The largest absolute Gasteiger partial charge is 0.452 e. The molecule has 180 valence electrons. The third-order valence-corrected chi connectivity index (χ3v) is 8.58. The van der Waals surface area contributed by atoms with Crippen LogP contribution in [0.25, 0.3) is 22.3 Å². The lowest BCUT2D eigenvalue weighted by Gasteiger charge is -2.56. The number of benzene rings is 1. The molecule has 2 aromatic heterocycles. The minimum Gasteiger partial charge on any atom is -0.452 e. The van der Waals surface area contributed by atoms with Crippen molar-refractivity contribution in [3.63, 3.8) is 0 Å². The van der Waals surface area contributed by atoms with Crippen molar-refractivity contribution in [3.8, 4) is 16.3 Å². The second-order valence-corrected chi connectivity index (χ2v) is 11.3. The summed E-state index contributed by atoms with van der Waals surface area (Å²) in [5, 5.41) is 9.99. The van der Waals surface area contributed by atoms with Gasteiger partial charge in [-0.2, -0.15) is 5.10 Å². The van der Waals surface area contributed by atoms with Gasteiger partial charge in [-0.05, 0) is 85.9 Å². The lowest BCUT2D eigenvalue weighted by atomic mass is 9.53. The first-order valence-electron chi connectivity index (χ1n) is 12.4. The molecule has 1 aromatic carbocycles. The molecule has 3 aromatic rings. The van der Waals surface area contributed by atoms with Crippen LogP contribution < -0.4 is 5.32 Å². The molecule has 4 aliphatic carbocycles. The van der Waals surface area contributed by atoms with Crippen molar-refractivity contribution in [2.45, 2.75) is 44.1 Å². The second-order valence-electron chi connectivity index (χ2n) is 10.4. The van der Waals surface area contributed by atoms with Crippen molar-refractivity contribution >= 4 is 29.3 Å². The van der Waals surface area contributed by atoms with Crippen LogP contribution >= 0.6 is 11.3 Å². The Morgan fingerprint density at radius 1 is 1.06 bits per heavy atom. The van der Waals surface area contributed by atoms with Gasteiger partial charge in [0, 0.05) is 23.4 Å². The zero-order valence-electron chi connectivity index (χ0n) is 19.6. The molecule has 4 fully saturated rings. The van der Waals surface area contributed by atoms with Crippen LogP contribution in [0.1, 0.15) is 44.1 Å². The van der Waals surface area contributed by atoms with Crippen LogP contribution in [0.2, 0.25) is 0 Å². The second kappa shape index (κ2) is 9.11. The monoisotopic (exact) mass is 487 g/mol. The summed E-state index contributed by atoms with van der Waals surface area (Å²) in [6.45, 7) is -0.244. The van der Waals surface area contributed by atoms with Crippen molar-refractivity contribution < 1.29 is 14.3 Å². The molecule has 4 bridgehead atoms. The molecule has 7 heteroatoms. The Hall–Kier alpha value is -3.19. The number of hydrogen-bond donors (Lipinski definition) is 1. The summed E-state index contributed by atoms with van der Waals surface area (Å²) in [4.78, 5) is 26.1. The van der Waals surface area contributed by atoms with E-state index in [1.54, 1.807) is 22.1 Å². The molecule has 35 heavy (non-hydrogen) atoms. The minimum absolute atomic E-state index is 0.0737. The van der Waals surface area contributed by atoms with E-state index < -0.39 is 5.97 Å². The maximum absolute atomic E-state index is 12.7. The van der Waals surface area contributed by atoms with Gasteiger partial charge in [0.15, 0.2) is 6.61 Å². The molecule has 0 unspecified atom stereocenters. The topological polar surface area (TPSA) is 73.2 Å². The van der Waals surface area contributed by atoms with E-state index in [9.17, 15) is 9.59 Å². The van der Waals surface area contributed by atoms with Crippen molar-refractivity contribution in [2.24, 2.45) is 17.8 Å². The number of rotatable bonds is 7. The standard InChI is InChI=1S/C28H29N3O3S/c32-25(29-28-14-19-11-20(15-28)13-21(12-19)16-28)18-34-26(33)9-8-22-17-31(23-5-2-1-3-6-23)30-27(22)24-7-4-10-35-24/h1-10,17,19-21H,11-16,18H2,(H,29,32). The summed E-state index contributed by atoms with van der Waals surface area (Å²) in [5.41, 5.74) is 2.48. The number of hydrogen-bond acceptors (Lipinski definition) is 5. The number of thiophene rings is 1. The number of ether oxygens (including phenoxy) is 1. The number of carbonyl (C=O) groups excluding carboxylic acids is 2. The predicted octanol–water partition coefficient (Wildman–Crippen LogP) is 5.24. The molecule has 4 aliphatic rings. The van der Waals surface area contributed by atoms with Gasteiger partial charge in [0.1, 0.15) is 5.69 Å². The molecule has 1 amide bonds. The number of carbonyl (C=O) groups is 2. The van der Waals surface area contributed by atoms with Gasteiger partial charge in [0.05, 0.1) is 10.6 Å². The fourth-order valence-electron chi connectivity index (χ4n) is 6.77. The fourth-order valence-corrected chi connectivity index (χ4v) is 7.50. The van der Waals surface area contributed by atoms with E-state index in [0.717, 1.165) is 58.8 Å². The Labute approximate surface area is 209 Å². The molecule has 0 aliphatic heterocycles. The number of para-hydroxylation sites is 1. The Morgan fingerprint density at radius 2 is 1.77 bits per heavy atom. The summed E-state index contributed by atoms with van der Waals surface area (Å²) in [6.07, 6.45) is 12.2. The van der Waals surface area contributed by atoms with E-state index in [-0.39, 0.29) is 18.1 Å². The minimum atomic E-state index is -0.532. The molecule has 7 rings (SSSR count). The van der Waals surface area contributed by atoms with Crippen LogP contribution in [0.4, 0.5) is 0 Å². The molecule has 0 saturated heterocycles. The normalized spacial score (nSPS) is 26.8. The van der Waals surface area contributed by atoms with E-state index in [1.165, 1.54) is 25.3 Å². The Kier molecular flexibility index (Phi) is 5.80. The zero-order chi connectivity index (χ0) is 23.8. The molecule has 4 saturated carbocycles. The highest BCUT2D eigenvalue weighted by Crippen LogP contribution is 2.55. The first kappa shape index (κ1) is 22.3. The Balaban J connectivity index is 1.10. The van der Waals surface area contributed by atoms with Gasteiger partial charge in [-0.15, -0.1) is 11.3 Å². The highest BCUT2D eigenvalue weighted by molar-refractivity contribution is 7.13. The molecular formula is C28H29N3O3S. The number of esters is 1. The first-order chi connectivity index (χ1) is 17.1. The number of nitrogens with zero attached hydrogens (tertiary/aromatic N) is 2. The molecule has 2 heterocycles. The summed E-state index contributed by atoms with van der Waals surface area (Å²) in [5.74, 6) is 1.53. The van der Waals surface area contributed by atoms with Crippen LogP contribution in [-0.4, -0.2) is 33.8 Å². The van der Waals surface area contributed by atoms with Gasteiger partial charge < -0.3 is 10.1 Å². The Morgan fingerprint density at radius 3 is 2.43 bits per heavy atom. The van der Waals surface area contributed by atoms with Crippen molar-refractivity contribution in [1.29, 1.82) is 0 Å². The van der Waals surface area contributed by atoms with E-state index >= 15 is 0 Å². The average Bonchev–Trinajstić information content (AvgIpc) is 3.51. The average molecular weight is 488 g/mol. The SMILES string of the molecule is O=C(COC(=O)C=Cc1cn(-c2ccccc2)nc1-c1cccs1)NC12CC3CC(CC(C3)C1)C2. The molecule has 0 atom stereocenters. The van der Waals surface area contributed by atoms with Crippen molar-refractivity contribution in [3.05, 3.63) is 65.7 Å². The molecule has 0 radical (unpaired) electrons. The van der Waals surface area contributed by atoms with Gasteiger partial charge in [-0.3, -0.25) is 4.79 Å². The Bertz CT molecular complexity index is 1210. The maximum atomic E-state index is 12.7. The van der Waals surface area contributed by atoms with Gasteiger partial charge >= 0.3 is 5.97 Å². The third-order valence-electron chi connectivity index (χ3n) is 7.71. The van der Waals surface area contributed by atoms with Gasteiger partial charge in [-0.1, -0.05) is 24.3 Å². The van der Waals surface area contributed by atoms with E-state index in [1.807, 2.05) is 54.0 Å². The first-order valence-corrected chi connectivity index (χ1v) is 13.3. The lowest BCUT2D eigenvalue weighted by Crippen LogP contribution is -2.60. The highest BCUT2D eigenvalue weighted by Gasteiger charge is 2.51. The number of nitrogens with one attached hydrogen (secondary N) is 1.